The van der Waals surface area contributed by atoms with Crippen LogP contribution in [0.15, 0.2) is 35.7 Å². The van der Waals surface area contributed by atoms with Gasteiger partial charge in [0.1, 0.15) is 23.6 Å². The Kier molecular flexibility index (Phi) is 7.28. The number of esters is 1. The molecule has 0 N–H and O–H groups in total. The van der Waals surface area contributed by atoms with E-state index >= 15 is 0 Å². The molecule has 0 bridgehead atoms. The number of carbonyl (C=O) groups is 2. The van der Waals surface area contributed by atoms with Crippen molar-refractivity contribution >= 4 is 23.4 Å². The lowest BCUT2D eigenvalue weighted by atomic mass is 10.1. The van der Waals surface area contributed by atoms with E-state index in [0.29, 0.717) is 22.1 Å². The van der Waals surface area contributed by atoms with Crippen molar-refractivity contribution in [1.82, 2.24) is 4.90 Å². The third-order valence-corrected chi connectivity index (χ3v) is 4.28. The Morgan fingerprint density at radius 2 is 1.86 bits per heavy atom. The first-order chi connectivity index (χ1) is 13.2. The molecule has 0 aliphatic rings. The monoisotopic (exact) mass is 407 g/mol. The number of amides is 1. The number of nitrogens with zero attached hydrogens (tertiary/aromatic N) is 1. The van der Waals surface area contributed by atoms with E-state index < -0.39 is 17.7 Å². The summed E-state index contributed by atoms with van der Waals surface area (Å²) in [6.45, 7) is 5.15. The van der Waals surface area contributed by atoms with Gasteiger partial charge in [-0.3, -0.25) is 4.90 Å². The number of rotatable bonds is 7. The summed E-state index contributed by atoms with van der Waals surface area (Å²) in [6, 6.07) is 8.72. The molecule has 0 fully saturated rings. The van der Waals surface area contributed by atoms with Gasteiger partial charge in [0.2, 0.25) is 0 Å². The maximum absolute atomic E-state index is 12.7. The lowest BCUT2D eigenvalue weighted by Crippen LogP contribution is -2.40. The van der Waals surface area contributed by atoms with Crippen LogP contribution < -0.4 is 14.2 Å². The second-order valence-electron chi connectivity index (χ2n) is 6.92. The summed E-state index contributed by atoms with van der Waals surface area (Å²) in [4.78, 5) is 26.3. The normalized spacial score (nSPS) is 10.9. The van der Waals surface area contributed by atoms with Crippen LogP contribution in [0.2, 0.25) is 0 Å². The van der Waals surface area contributed by atoms with Crippen molar-refractivity contribution in [1.29, 1.82) is 0 Å². The Labute approximate surface area is 168 Å². The van der Waals surface area contributed by atoms with E-state index in [4.69, 9.17) is 18.9 Å². The highest BCUT2D eigenvalue weighted by molar-refractivity contribution is 7.11. The summed E-state index contributed by atoms with van der Waals surface area (Å²) in [5, 5.41) is 2.27. The zero-order valence-corrected chi connectivity index (χ0v) is 17.5. The van der Waals surface area contributed by atoms with Crippen LogP contribution in [0.4, 0.5) is 4.79 Å². The van der Waals surface area contributed by atoms with Crippen molar-refractivity contribution in [2.24, 2.45) is 0 Å². The fourth-order valence-electron chi connectivity index (χ4n) is 2.32. The minimum atomic E-state index is -0.697. The molecule has 0 unspecified atom stereocenters. The highest BCUT2D eigenvalue weighted by atomic mass is 32.1. The van der Waals surface area contributed by atoms with Crippen molar-refractivity contribution in [2.45, 2.75) is 32.9 Å². The van der Waals surface area contributed by atoms with Gasteiger partial charge in [0.05, 0.1) is 20.8 Å². The standard InChI is InChI=1S/C20H25NO6S/c1-20(2,3)27-19(23)21(13-17(22)26-18-7-6-10-28-18)12-14-8-9-15(24-4)11-16(14)25-5/h6-11H,12-13H2,1-5H3. The number of ether oxygens (including phenoxy) is 4. The minimum absolute atomic E-state index is 0.113. The zero-order valence-electron chi connectivity index (χ0n) is 16.7. The highest BCUT2D eigenvalue weighted by Gasteiger charge is 2.26. The summed E-state index contributed by atoms with van der Waals surface area (Å²) >= 11 is 1.30. The van der Waals surface area contributed by atoms with Crippen molar-refractivity contribution in [3.63, 3.8) is 0 Å². The van der Waals surface area contributed by atoms with E-state index in [9.17, 15) is 9.59 Å². The third-order valence-electron chi connectivity index (χ3n) is 3.54. The average molecular weight is 407 g/mol. The maximum atomic E-state index is 12.7. The lowest BCUT2D eigenvalue weighted by Gasteiger charge is -2.27. The molecule has 0 aliphatic heterocycles. The van der Waals surface area contributed by atoms with Gasteiger partial charge in [0.25, 0.3) is 0 Å². The summed E-state index contributed by atoms with van der Waals surface area (Å²) in [6.07, 6.45) is -0.617. The van der Waals surface area contributed by atoms with E-state index in [0.717, 1.165) is 0 Å². The molecular formula is C20H25NO6S. The second kappa shape index (κ2) is 9.45. The van der Waals surface area contributed by atoms with Crippen LogP contribution in [-0.4, -0.2) is 43.3 Å². The molecule has 0 saturated carbocycles. The topological polar surface area (TPSA) is 74.3 Å². The molecule has 0 atom stereocenters. The van der Waals surface area contributed by atoms with Crippen molar-refractivity contribution in [3.05, 3.63) is 41.3 Å². The molecule has 1 heterocycles. The van der Waals surface area contributed by atoms with Gasteiger partial charge in [-0.15, -0.1) is 11.3 Å². The smallest absolute Gasteiger partial charge is 0.411 e. The molecule has 28 heavy (non-hydrogen) atoms. The molecule has 0 aliphatic carbocycles. The van der Waals surface area contributed by atoms with Gasteiger partial charge < -0.3 is 18.9 Å². The summed E-state index contributed by atoms with van der Waals surface area (Å²) < 4.78 is 21.3. The van der Waals surface area contributed by atoms with E-state index in [1.165, 1.54) is 23.3 Å². The number of methoxy groups -OCH3 is 2. The van der Waals surface area contributed by atoms with Gasteiger partial charge >= 0.3 is 12.1 Å². The summed E-state index contributed by atoms with van der Waals surface area (Å²) in [7, 11) is 3.09. The molecule has 2 aromatic rings. The van der Waals surface area contributed by atoms with Crippen molar-refractivity contribution in [3.8, 4) is 16.6 Å². The Morgan fingerprint density at radius 1 is 1.11 bits per heavy atom. The van der Waals surface area contributed by atoms with Gasteiger partial charge in [0, 0.05) is 11.6 Å². The van der Waals surface area contributed by atoms with Gasteiger partial charge in [-0.1, -0.05) is 0 Å². The van der Waals surface area contributed by atoms with Crippen LogP contribution >= 0.6 is 11.3 Å². The minimum Gasteiger partial charge on any atom is -0.497 e. The van der Waals surface area contributed by atoms with Crippen LogP contribution in [0.1, 0.15) is 26.3 Å². The molecule has 1 aromatic carbocycles. The predicted octanol–water partition coefficient (Wildman–Crippen LogP) is 4.11. The van der Waals surface area contributed by atoms with E-state index in [1.54, 1.807) is 63.6 Å². The molecule has 152 valence electrons. The second-order valence-corrected chi connectivity index (χ2v) is 7.83. The number of hydrogen-bond acceptors (Lipinski definition) is 7. The first kappa shape index (κ1) is 21.6. The van der Waals surface area contributed by atoms with E-state index in [-0.39, 0.29) is 13.1 Å². The number of thiophene rings is 1. The maximum Gasteiger partial charge on any atom is 0.411 e. The summed E-state index contributed by atoms with van der Waals surface area (Å²) in [5.41, 5.74) is 0.00912. The highest BCUT2D eigenvalue weighted by Crippen LogP contribution is 2.26. The fourth-order valence-corrected chi connectivity index (χ4v) is 2.91. The molecule has 0 spiro atoms. The molecule has 1 amide bonds. The quantitative estimate of drug-likeness (QED) is 0.643. The summed E-state index contributed by atoms with van der Waals surface area (Å²) in [5.74, 6) is 0.613. The Morgan fingerprint density at radius 3 is 2.43 bits per heavy atom. The van der Waals surface area contributed by atoms with Gasteiger partial charge in [-0.05, 0) is 50.4 Å². The van der Waals surface area contributed by atoms with Crippen LogP contribution in [0, 0.1) is 0 Å². The number of carbonyl (C=O) groups excluding carboxylic acids is 2. The molecule has 0 radical (unpaired) electrons. The van der Waals surface area contributed by atoms with Crippen LogP contribution in [0.3, 0.4) is 0 Å². The van der Waals surface area contributed by atoms with E-state index in [1.807, 2.05) is 0 Å². The zero-order chi connectivity index (χ0) is 20.7. The number of hydrogen-bond donors (Lipinski definition) is 0. The van der Waals surface area contributed by atoms with Crippen molar-refractivity contribution in [2.75, 3.05) is 20.8 Å². The lowest BCUT2D eigenvalue weighted by molar-refractivity contribution is -0.135. The SMILES string of the molecule is COc1ccc(CN(CC(=O)Oc2cccs2)C(=O)OC(C)(C)C)c(OC)c1. The molecule has 1 aromatic heterocycles. The van der Waals surface area contributed by atoms with Crippen molar-refractivity contribution < 1.29 is 28.5 Å². The largest absolute Gasteiger partial charge is 0.497 e. The van der Waals surface area contributed by atoms with Crippen LogP contribution in [-0.2, 0) is 16.1 Å². The van der Waals surface area contributed by atoms with E-state index in [2.05, 4.69) is 0 Å². The molecule has 0 saturated heterocycles. The number of benzene rings is 1. The van der Waals surface area contributed by atoms with Gasteiger partial charge in [-0.25, -0.2) is 9.59 Å². The van der Waals surface area contributed by atoms with Crippen LogP contribution in [0.25, 0.3) is 0 Å². The average Bonchev–Trinajstić information content (AvgIpc) is 3.12. The molecule has 7 nitrogen and oxygen atoms in total. The third kappa shape index (κ3) is 6.45. The first-order valence-electron chi connectivity index (χ1n) is 8.65. The fraction of sp³-hybridized carbons (Fsp3) is 0.400. The molecular weight excluding hydrogens is 382 g/mol. The van der Waals surface area contributed by atoms with Gasteiger partial charge in [0.15, 0.2) is 5.06 Å². The first-order valence-corrected chi connectivity index (χ1v) is 9.53. The predicted molar refractivity (Wildman–Crippen MR) is 106 cm³/mol. The molecule has 8 heteroatoms. The Balaban J connectivity index is 2.20. The molecule has 2 rings (SSSR count). The van der Waals surface area contributed by atoms with Crippen LogP contribution in [0.5, 0.6) is 16.6 Å². The van der Waals surface area contributed by atoms with Gasteiger partial charge in [-0.2, -0.15) is 0 Å². The Hall–Kier alpha value is -2.74. The Bertz CT molecular complexity index is 798.